The van der Waals surface area contributed by atoms with E-state index in [-0.39, 0.29) is 23.9 Å². The lowest BCUT2D eigenvalue weighted by Crippen LogP contribution is -2.38. The predicted molar refractivity (Wildman–Crippen MR) is 61.7 cm³/mol. The van der Waals surface area contributed by atoms with Crippen LogP contribution in [0.1, 0.15) is 5.56 Å². The third-order valence-electron chi connectivity index (χ3n) is 2.84. The molecule has 2 atom stereocenters. The molecule has 0 radical (unpaired) electrons. The Morgan fingerprint density at radius 2 is 2.06 bits per heavy atom. The molecule has 1 aromatic rings. The van der Waals surface area contributed by atoms with Gasteiger partial charge in [-0.05, 0) is 6.07 Å². The minimum absolute atomic E-state index is 0.0946. The van der Waals surface area contributed by atoms with E-state index in [4.69, 9.17) is 0 Å². The SMILES string of the molecule is O=S1(=O)CC(O)C(NCc2ccccc2F)C1. The van der Waals surface area contributed by atoms with Crippen LogP contribution in [-0.2, 0) is 16.4 Å². The lowest BCUT2D eigenvalue weighted by Gasteiger charge is -2.14. The smallest absolute Gasteiger partial charge is 0.154 e. The van der Waals surface area contributed by atoms with Crippen LogP contribution in [-0.4, -0.2) is 37.2 Å². The van der Waals surface area contributed by atoms with Gasteiger partial charge in [0.25, 0.3) is 0 Å². The molecule has 1 heterocycles. The second kappa shape index (κ2) is 4.72. The van der Waals surface area contributed by atoms with Gasteiger partial charge in [0.1, 0.15) is 5.82 Å². The molecule has 0 amide bonds. The van der Waals surface area contributed by atoms with Gasteiger partial charge in [-0.25, -0.2) is 12.8 Å². The number of benzene rings is 1. The number of hydrogen-bond acceptors (Lipinski definition) is 4. The zero-order valence-corrected chi connectivity index (χ0v) is 9.95. The van der Waals surface area contributed by atoms with E-state index in [1.807, 2.05) is 0 Å². The highest BCUT2D eigenvalue weighted by molar-refractivity contribution is 7.91. The highest BCUT2D eigenvalue weighted by Gasteiger charge is 2.35. The summed E-state index contributed by atoms with van der Waals surface area (Å²) in [5.74, 6) is -0.653. The van der Waals surface area contributed by atoms with Crippen LogP contribution in [0.5, 0.6) is 0 Å². The molecule has 1 aromatic carbocycles. The number of rotatable bonds is 3. The molecule has 0 saturated carbocycles. The van der Waals surface area contributed by atoms with Gasteiger partial charge in [0.15, 0.2) is 9.84 Å². The van der Waals surface area contributed by atoms with E-state index < -0.39 is 22.0 Å². The third kappa shape index (κ3) is 3.02. The predicted octanol–water partition coefficient (Wildman–Crippen LogP) is 0.0732. The number of aliphatic hydroxyl groups excluding tert-OH is 1. The van der Waals surface area contributed by atoms with Crippen LogP contribution in [0.15, 0.2) is 24.3 Å². The summed E-state index contributed by atoms with van der Waals surface area (Å²) in [5.41, 5.74) is 0.462. The molecule has 1 fully saturated rings. The first-order chi connectivity index (χ1) is 7.98. The van der Waals surface area contributed by atoms with E-state index in [0.29, 0.717) is 5.56 Å². The topological polar surface area (TPSA) is 66.4 Å². The fourth-order valence-electron chi connectivity index (χ4n) is 1.91. The standard InChI is InChI=1S/C11H14FNO3S/c12-9-4-2-1-3-8(9)5-13-10-6-17(15,16)7-11(10)14/h1-4,10-11,13-14H,5-7H2. The minimum Gasteiger partial charge on any atom is -0.390 e. The molecule has 17 heavy (non-hydrogen) atoms. The second-order valence-corrected chi connectivity index (χ2v) is 6.38. The Morgan fingerprint density at radius 1 is 1.35 bits per heavy atom. The molecule has 94 valence electrons. The van der Waals surface area contributed by atoms with Crippen molar-refractivity contribution in [1.29, 1.82) is 0 Å². The van der Waals surface area contributed by atoms with Gasteiger partial charge in [0, 0.05) is 18.2 Å². The van der Waals surface area contributed by atoms with Crippen LogP contribution in [0.3, 0.4) is 0 Å². The number of nitrogens with one attached hydrogen (secondary N) is 1. The fraction of sp³-hybridized carbons (Fsp3) is 0.455. The Kier molecular flexibility index (Phi) is 3.46. The molecule has 0 spiro atoms. The summed E-state index contributed by atoms with van der Waals surface area (Å²) in [6.07, 6.45) is -0.910. The minimum atomic E-state index is -3.17. The summed E-state index contributed by atoms with van der Waals surface area (Å²) >= 11 is 0. The van der Waals surface area contributed by atoms with Crippen molar-refractivity contribution in [3.05, 3.63) is 35.6 Å². The van der Waals surface area contributed by atoms with Crippen LogP contribution < -0.4 is 5.32 Å². The Labute approximate surface area is 99.4 Å². The summed E-state index contributed by atoms with van der Waals surface area (Å²) in [6.45, 7) is 0.212. The van der Waals surface area contributed by atoms with Crippen LogP contribution in [0, 0.1) is 5.82 Å². The lowest BCUT2D eigenvalue weighted by atomic mass is 10.1. The van der Waals surface area contributed by atoms with Gasteiger partial charge in [0.2, 0.25) is 0 Å². The highest BCUT2D eigenvalue weighted by atomic mass is 32.2. The maximum atomic E-state index is 13.3. The van der Waals surface area contributed by atoms with Crippen LogP contribution in [0.25, 0.3) is 0 Å². The van der Waals surface area contributed by atoms with Crippen molar-refractivity contribution in [2.45, 2.75) is 18.7 Å². The van der Waals surface area contributed by atoms with E-state index in [0.717, 1.165) is 0 Å². The average molecular weight is 259 g/mol. The lowest BCUT2D eigenvalue weighted by molar-refractivity contribution is 0.165. The molecular formula is C11H14FNO3S. The highest BCUT2D eigenvalue weighted by Crippen LogP contribution is 2.14. The van der Waals surface area contributed by atoms with Crippen molar-refractivity contribution >= 4 is 9.84 Å². The van der Waals surface area contributed by atoms with E-state index in [1.165, 1.54) is 6.07 Å². The van der Waals surface area contributed by atoms with Gasteiger partial charge >= 0.3 is 0 Å². The largest absolute Gasteiger partial charge is 0.390 e. The fourth-order valence-corrected chi connectivity index (χ4v) is 3.68. The molecule has 0 aromatic heterocycles. The maximum absolute atomic E-state index is 13.3. The molecular weight excluding hydrogens is 245 g/mol. The molecule has 2 rings (SSSR count). The third-order valence-corrected chi connectivity index (χ3v) is 4.55. The van der Waals surface area contributed by atoms with Gasteiger partial charge in [-0.3, -0.25) is 0 Å². The van der Waals surface area contributed by atoms with E-state index >= 15 is 0 Å². The molecule has 2 N–H and O–H groups in total. The summed E-state index contributed by atoms with van der Waals surface area (Å²) < 4.78 is 35.8. The van der Waals surface area contributed by atoms with Crippen LogP contribution in [0.4, 0.5) is 4.39 Å². The number of hydrogen-bond donors (Lipinski definition) is 2. The van der Waals surface area contributed by atoms with Gasteiger partial charge in [0.05, 0.1) is 17.6 Å². The molecule has 0 aliphatic carbocycles. The maximum Gasteiger partial charge on any atom is 0.154 e. The average Bonchev–Trinajstić information content (AvgIpc) is 2.51. The number of aliphatic hydroxyl groups is 1. The molecule has 1 saturated heterocycles. The zero-order chi connectivity index (χ0) is 12.5. The molecule has 6 heteroatoms. The summed E-state index contributed by atoms with van der Waals surface area (Å²) in [5, 5.41) is 12.4. The Morgan fingerprint density at radius 3 is 2.65 bits per heavy atom. The molecule has 4 nitrogen and oxygen atoms in total. The summed E-state index contributed by atoms with van der Waals surface area (Å²) in [6, 6.07) is 5.76. The van der Waals surface area contributed by atoms with Crippen molar-refractivity contribution in [2.75, 3.05) is 11.5 Å². The van der Waals surface area contributed by atoms with E-state index in [9.17, 15) is 17.9 Å². The van der Waals surface area contributed by atoms with Gasteiger partial charge in [-0.1, -0.05) is 18.2 Å². The van der Waals surface area contributed by atoms with Crippen molar-refractivity contribution in [3.63, 3.8) is 0 Å². The zero-order valence-electron chi connectivity index (χ0n) is 9.14. The second-order valence-electron chi connectivity index (χ2n) is 4.22. The number of sulfone groups is 1. The first-order valence-electron chi connectivity index (χ1n) is 5.33. The quantitative estimate of drug-likeness (QED) is 0.806. The Balaban J connectivity index is 1.98. The van der Waals surface area contributed by atoms with Gasteiger partial charge < -0.3 is 10.4 Å². The number of halogens is 1. The normalized spacial score (nSPS) is 27.2. The summed E-state index contributed by atoms with van der Waals surface area (Å²) in [7, 11) is -3.17. The van der Waals surface area contributed by atoms with Crippen molar-refractivity contribution < 1.29 is 17.9 Å². The van der Waals surface area contributed by atoms with Crippen LogP contribution in [0.2, 0.25) is 0 Å². The summed E-state index contributed by atoms with van der Waals surface area (Å²) in [4.78, 5) is 0. The van der Waals surface area contributed by atoms with Crippen LogP contribution >= 0.6 is 0 Å². The molecule has 1 aliphatic heterocycles. The van der Waals surface area contributed by atoms with Crippen molar-refractivity contribution in [2.24, 2.45) is 0 Å². The van der Waals surface area contributed by atoms with Gasteiger partial charge in [-0.15, -0.1) is 0 Å². The monoisotopic (exact) mass is 259 g/mol. The van der Waals surface area contributed by atoms with Crippen molar-refractivity contribution in [1.82, 2.24) is 5.32 Å². The Hall–Kier alpha value is -0.980. The molecule has 1 aliphatic rings. The first kappa shape index (κ1) is 12.5. The molecule has 2 unspecified atom stereocenters. The van der Waals surface area contributed by atoms with Gasteiger partial charge in [-0.2, -0.15) is 0 Å². The van der Waals surface area contributed by atoms with Crippen molar-refractivity contribution in [3.8, 4) is 0 Å². The van der Waals surface area contributed by atoms with E-state index in [1.54, 1.807) is 18.2 Å². The first-order valence-corrected chi connectivity index (χ1v) is 7.15. The molecule has 0 bridgehead atoms. The van der Waals surface area contributed by atoms with E-state index in [2.05, 4.69) is 5.32 Å². The Bertz CT molecular complexity index is 503.